The van der Waals surface area contributed by atoms with Crippen molar-refractivity contribution in [2.24, 2.45) is 13.0 Å². The molecule has 0 amide bonds. The van der Waals surface area contributed by atoms with Crippen LogP contribution in [-0.4, -0.2) is 15.8 Å². The van der Waals surface area contributed by atoms with E-state index in [4.69, 9.17) is 0 Å². The van der Waals surface area contributed by atoms with Gasteiger partial charge < -0.3 is 5.32 Å². The summed E-state index contributed by atoms with van der Waals surface area (Å²) >= 11 is 0. The molecule has 1 N–H and O–H groups in total. The van der Waals surface area contributed by atoms with Gasteiger partial charge in [0.2, 0.25) is 0 Å². The number of hydrogen-bond donors (Lipinski definition) is 1. The normalized spacial score (nSPS) is 20.7. The highest BCUT2D eigenvalue weighted by atomic mass is 15.3. The second kappa shape index (κ2) is 5.21. The van der Waals surface area contributed by atoms with Gasteiger partial charge in [-0.1, -0.05) is 12.8 Å². The van der Waals surface area contributed by atoms with Crippen LogP contribution < -0.4 is 5.32 Å². The van der Waals surface area contributed by atoms with Crippen LogP contribution in [0.25, 0.3) is 0 Å². The Balaban J connectivity index is 1.96. The average Bonchev–Trinajstić information content (AvgIpc) is 2.87. The van der Waals surface area contributed by atoms with Gasteiger partial charge in [-0.3, -0.25) is 4.68 Å². The Bertz CT molecular complexity index is 364. The van der Waals surface area contributed by atoms with Gasteiger partial charge >= 0.3 is 0 Å². The molecule has 2 atom stereocenters. The summed E-state index contributed by atoms with van der Waals surface area (Å²) in [7, 11) is 1.99. The number of nitrogens with one attached hydrogen (secondary N) is 1. The Kier molecular flexibility index (Phi) is 3.87. The summed E-state index contributed by atoms with van der Waals surface area (Å²) in [5.41, 5.74) is 2.48. The summed E-state index contributed by atoms with van der Waals surface area (Å²) in [5, 5.41) is 8.15. The van der Waals surface area contributed by atoms with Crippen molar-refractivity contribution in [2.75, 3.05) is 0 Å². The van der Waals surface area contributed by atoms with Gasteiger partial charge in [-0.05, 0) is 39.5 Å². The molecule has 0 radical (unpaired) electrons. The molecule has 0 aliphatic heterocycles. The molecule has 3 heteroatoms. The fraction of sp³-hybridized carbons (Fsp3) is 0.786. The van der Waals surface area contributed by atoms with E-state index in [0.29, 0.717) is 12.1 Å². The van der Waals surface area contributed by atoms with E-state index in [2.05, 4.69) is 37.4 Å². The smallest absolute Gasteiger partial charge is 0.0641 e. The number of aryl methyl sites for hydroxylation is 2. The second-order valence-electron chi connectivity index (χ2n) is 5.57. The third-order valence-electron chi connectivity index (χ3n) is 4.14. The first-order valence-corrected chi connectivity index (χ1v) is 6.84. The van der Waals surface area contributed by atoms with Gasteiger partial charge in [-0.25, -0.2) is 0 Å². The van der Waals surface area contributed by atoms with Gasteiger partial charge in [0, 0.05) is 30.9 Å². The number of aromatic nitrogens is 2. The lowest BCUT2D eigenvalue weighted by molar-refractivity contribution is 0.352. The van der Waals surface area contributed by atoms with Crippen LogP contribution in [0, 0.1) is 12.8 Å². The SMILES string of the molecule is Cc1nn(C)cc1C(C)NC(C)C1CCCC1. The first kappa shape index (κ1) is 12.6. The van der Waals surface area contributed by atoms with Crippen molar-refractivity contribution in [3.8, 4) is 0 Å². The first-order chi connectivity index (χ1) is 8.08. The summed E-state index contributed by atoms with van der Waals surface area (Å²) in [6.45, 7) is 6.67. The maximum absolute atomic E-state index is 4.41. The third kappa shape index (κ3) is 2.89. The Morgan fingerprint density at radius 1 is 1.35 bits per heavy atom. The van der Waals surface area contributed by atoms with E-state index in [9.17, 15) is 0 Å². The van der Waals surface area contributed by atoms with Crippen molar-refractivity contribution in [3.05, 3.63) is 17.5 Å². The molecule has 2 rings (SSSR count). The van der Waals surface area contributed by atoms with Gasteiger partial charge in [0.1, 0.15) is 0 Å². The molecule has 3 nitrogen and oxygen atoms in total. The lowest BCUT2D eigenvalue weighted by Gasteiger charge is -2.24. The molecule has 1 aromatic heterocycles. The third-order valence-corrected chi connectivity index (χ3v) is 4.14. The van der Waals surface area contributed by atoms with Crippen molar-refractivity contribution in [3.63, 3.8) is 0 Å². The van der Waals surface area contributed by atoms with Gasteiger partial charge in [-0.15, -0.1) is 0 Å². The zero-order valence-corrected chi connectivity index (χ0v) is 11.5. The maximum Gasteiger partial charge on any atom is 0.0641 e. The molecule has 1 aliphatic rings. The topological polar surface area (TPSA) is 29.9 Å². The number of hydrogen-bond acceptors (Lipinski definition) is 2. The minimum absolute atomic E-state index is 0.402. The molecular weight excluding hydrogens is 210 g/mol. The minimum atomic E-state index is 0.402. The summed E-state index contributed by atoms with van der Waals surface area (Å²) in [6, 6.07) is 1.02. The second-order valence-corrected chi connectivity index (χ2v) is 5.57. The van der Waals surface area contributed by atoms with E-state index < -0.39 is 0 Å². The van der Waals surface area contributed by atoms with Crippen molar-refractivity contribution >= 4 is 0 Å². The van der Waals surface area contributed by atoms with Crippen molar-refractivity contribution in [1.82, 2.24) is 15.1 Å². The standard InChI is InChI=1S/C14H25N3/c1-10(13-7-5-6-8-13)15-11(2)14-9-17(4)16-12(14)3/h9-11,13,15H,5-8H2,1-4H3. The molecule has 1 fully saturated rings. The highest BCUT2D eigenvalue weighted by Gasteiger charge is 2.23. The van der Waals surface area contributed by atoms with Crippen molar-refractivity contribution < 1.29 is 0 Å². The molecule has 1 aliphatic carbocycles. The summed E-state index contributed by atoms with van der Waals surface area (Å²) in [4.78, 5) is 0. The number of rotatable bonds is 4. The summed E-state index contributed by atoms with van der Waals surface area (Å²) in [6.07, 6.45) is 7.75. The zero-order chi connectivity index (χ0) is 12.4. The molecule has 2 unspecified atom stereocenters. The van der Waals surface area contributed by atoms with Crippen molar-refractivity contribution in [1.29, 1.82) is 0 Å². The van der Waals surface area contributed by atoms with E-state index in [1.807, 2.05) is 11.7 Å². The molecule has 1 aromatic rings. The Hall–Kier alpha value is -0.830. The average molecular weight is 235 g/mol. The lowest BCUT2D eigenvalue weighted by atomic mass is 9.98. The van der Waals surface area contributed by atoms with Crippen LogP contribution in [0.5, 0.6) is 0 Å². The largest absolute Gasteiger partial charge is 0.307 e. The van der Waals surface area contributed by atoms with Crippen LogP contribution in [0.2, 0.25) is 0 Å². The molecule has 0 aromatic carbocycles. The molecule has 1 heterocycles. The van der Waals surface area contributed by atoms with Crippen LogP contribution in [-0.2, 0) is 7.05 Å². The Morgan fingerprint density at radius 3 is 2.53 bits per heavy atom. The molecule has 1 saturated carbocycles. The molecule has 96 valence electrons. The number of nitrogens with zero attached hydrogens (tertiary/aromatic N) is 2. The predicted octanol–water partition coefficient (Wildman–Crippen LogP) is 2.96. The van der Waals surface area contributed by atoms with Gasteiger partial charge in [0.25, 0.3) is 0 Å². The van der Waals surface area contributed by atoms with Crippen molar-refractivity contribution in [2.45, 2.75) is 58.5 Å². The Morgan fingerprint density at radius 2 is 2.00 bits per heavy atom. The fourth-order valence-corrected chi connectivity index (χ4v) is 3.12. The molecular formula is C14H25N3. The van der Waals surface area contributed by atoms with Crippen LogP contribution in [0.1, 0.15) is 56.8 Å². The van der Waals surface area contributed by atoms with Crippen LogP contribution >= 0.6 is 0 Å². The van der Waals surface area contributed by atoms with Crippen LogP contribution in [0.3, 0.4) is 0 Å². The zero-order valence-electron chi connectivity index (χ0n) is 11.5. The van der Waals surface area contributed by atoms with E-state index in [-0.39, 0.29) is 0 Å². The van der Waals surface area contributed by atoms with E-state index in [1.165, 1.54) is 31.2 Å². The van der Waals surface area contributed by atoms with Crippen LogP contribution in [0.15, 0.2) is 6.20 Å². The first-order valence-electron chi connectivity index (χ1n) is 6.84. The Labute approximate surface area is 105 Å². The lowest BCUT2D eigenvalue weighted by Crippen LogP contribution is -2.34. The van der Waals surface area contributed by atoms with E-state index in [1.54, 1.807) is 0 Å². The van der Waals surface area contributed by atoms with Gasteiger partial charge in [-0.2, -0.15) is 5.10 Å². The molecule has 17 heavy (non-hydrogen) atoms. The summed E-state index contributed by atoms with van der Waals surface area (Å²) in [5.74, 6) is 0.870. The van der Waals surface area contributed by atoms with Crippen LogP contribution in [0.4, 0.5) is 0 Å². The summed E-state index contributed by atoms with van der Waals surface area (Å²) < 4.78 is 1.91. The molecule has 0 spiro atoms. The van der Waals surface area contributed by atoms with Gasteiger partial charge in [0.05, 0.1) is 5.69 Å². The quantitative estimate of drug-likeness (QED) is 0.869. The predicted molar refractivity (Wildman–Crippen MR) is 70.9 cm³/mol. The molecule has 0 bridgehead atoms. The maximum atomic E-state index is 4.41. The highest BCUT2D eigenvalue weighted by Crippen LogP contribution is 2.29. The molecule has 0 saturated heterocycles. The minimum Gasteiger partial charge on any atom is -0.307 e. The van der Waals surface area contributed by atoms with E-state index in [0.717, 1.165) is 11.6 Å². The van der Waals surface area contributed by atoms with E-state index >= 15 is 0 Å². The monoisotopic (exact) mass is 235 g/mol. The fourth-order valence-electron chi connectivity index (χ4n) is 3.12. The van der Waals surface area contributed by atoms with Gasteiger partial charge in [0.15, 0.2) is 0 Å². The highest BCUT2D eigenvalue weighted by molar-refractivity contribution is 5.19.